The van der Waals surface area contributed by atoms with E-state index in [4.69, 9.17) is 4.74 Å². The van der Waals surface area contributed by atoms with Crippen LogP contribution in [0, 0.1) is 19.8 Å². The Hall–Kier alpha value is -2.74. The molecule has 2 aliphatic heterocycles. The second-order valence-electron chi connectivity index (χ2n) is 8.27. The lowest BCUT2D eigenvalue weighted by atomic mass is 9.99. The Morgan fingerprint density at radius 2 is 2.00 bits per heavy atom. The Morgan fingerprint density at radius 3 is 2.70 bits per heavy atom. The van der Waals surface area contributed by atoms with E-state index in [1.54, 1.807) is 0 Å². The summed E-state index contributed by atoms with van der Waals surface area (Å²) in [6, 6.07) is 7.57. The number of aryl methyl sites for hydroxylation is 2. The van der Waals surface area contributed by atoms with Crippen LogP contribution >= 0.6 is 0 Å². The molecule has 2 N–H and O–H groups in total. The van der Waals surface area contributed by atoms with Gasteiger partial charge in [0.05, 0.1) is 12.5 Å². The van der Waals surface area contributed by atoms with Gasteiger partial charge in [0.25, 0.3) is 0 Å². The number of hydrogen-bond acceptors (Lipinski definition) is 5. The number of benzene rings is 1. The van der Waals surface area contributed by atoms with Gasteiger partial charge in [-0.05, 0) is 44.2 Å². The van der Waals surface area contributed by atoms with Gasteiger partial charge < -0.3 is 15.0 Å². The number of aromatic nitrogens is 3. The molecular weight excluding hydrogens is 382 g/mol. The van der Waals surface area contributed by atoms with Gasteiger partial charge in [0.2, 0.25) is 11.8 Å². The molecule has 8 heteroatoms. The molecule has 2 saturated heterocycles. The molecule has 0 aliphatic carbocycles. The number of aromatic amines is 1. The first-order valence-electron chi connectivity index (χ1n) is 10.6. The van der Waals surface area contributed by atoms with Crippen molar-refractivity contribution in [3.63, 3.8) is 0 Å². The van der Waals surface area contributed by atoms with Gasteiger partial charge in [0.15, 0.2) is 5.82 Å². The van der Waals surface area contributed by atoms with Crippen LogP contribution in [0.2, 0.25) is 0 Å². The maximum atomic E-state index is 13.2. The summed E-state index contributed by atoms with van der Waals surface area (Å²) in [6.07, 6.45) is 2.44. The van der Waals surface area contributed by atoms with E-state index < -0.39 is 0 Å². The number of rotatable bonds is 5. The molecule has 2 fully saturated rings. The molecule has 0 unspecified atom stereocenters. The number of nitrogens with one attached hydrogen (secondary N) is 2. The Labute approximate surface area is 176 Å². The molecule has 30 heavy (non-hydrogen) atoms. The van der Waals surface area contributed by atoms with Gasteiger partial charge in [-0.1, -0.05) is 24.3 Å². The van der Waals surface area contributed by atoms with E-state index in [0.29, 0.717) is 44.2 Å². The van der Waals surface area contributed by atoms with Crippen LogP contribution in [-0.2, 0) is 20.7 Å². The zero-order chi connectivity index (χ0) is 21.1. The summed E-state index contributed by atoms with van der Waals surface area (Å²) < 4.78 is 5.36. The molecule has 0 spiro atoms. The van der Waals surface area contributed by atoms with E-state index in [0.717, 1.165) is 24.0 Å². The Morgan fingerprint density at radius 1 is 1.23 bits per heavy atom. The Bertz CT molecular complexity index is 906. The lowest BCUT2D eigenvalue weighted by molar-refractivity contribution is -0.132. The van der Waals surface area contributed by atoms with Crippen molar-refractivity contribution in [1.82, 2.24) is 25.4 Å². The lowest BCUT2D eigenvalue weighted by Gasteiger charge is -2.24. The smallest absolute Gasteiger partial charge is 0.227 e. The normalized spacial score (nSPS) is 22.3. The van der Waals surface area contributed by atoms with Gasteiger partial charge in [-0.3, -0.25) is 14.7 Å². The van der Waals surface area contributed by atoms with Crippen LogP contribution in [0.25, 0.3) is 0 Å². The van der Waals surface area contributed by atoms with Gasteiger partial charge in [0, 0.05) is 31.7 Å². The molecule has 0 bridgehead atoms. The number of nitrogens with zero attached hydrogens (tertiary/aromatic N) is 3. The first-order valence-corrected chi connectivity index (χ1v) is 10.6. The molecule has 2 amide bonds. The van der Waals surface area contributed by atoms with Crippen LogP contribution in [0.15, 0.2) is 24.3 Å². The maximum Gasteiger partial charge on any atom is 0.227 e. The predicted molar refractivity (Wildman–Crippen MR) is 111 cm³/mol. The fraction of sp³-hybridized carbons (Fsp3) is 0.545. The molecule has 160 valence electrons. The lowest BCUT2D eigenvalue weighted by Crippen LogP contribution is -2.42. The zero-order valence-corrected chi connectivity index (χ0v) is 17.6. The van der Waals surface area contributed by atoms with Crippen molar-refractivity contribution >= 4 is 11.8 Å². The monoisotopic (exact) mass is 411 g/mol. The summed E-state index contributed by atoms with van der Waals surface area (Å²) in [6.45, 7) is 5.58. The highest BCUT2D eigenvalue weighted by molar-refractivity contribution is 5.81. The molecule has 1 aromatic carbocycles. The quantitative estimate of drug-likeness (QED) is 0.782. The largest absolute Gasteiger partial charge is 0.381 e. The Balaban J connectivity index is 1.48. The summed E-state index contributed by atoms with van der Waals surface area (Å²) in [5, 5.41) is 10.3. The maximum absolute atomic E-state index is 13.2. The fourth-order valence-corrected chi connectivity index (χ4v) is 4.32. The second-order valence-corrected chi connectivity index (χ2v) is 8.27. The van der Waals surface area contributed by atoms with Crippen LogP contribution in [0.1, 0.15) is 48.1 Å². The number of hydrogen-bond donors (Lipinski definition) is 2. The highest BCUT2D eigenvalue weighted by atomic mass is 16.5. The van der Waals surface area contributed by atoms with E-state index >= 15 is 0 Å². The number of likely N-dealkylation sites (tertiary alicyclic amines) is 1. The standard InChI is InChI=1S/C22H29N5O3/c1-14-5-3-4-6-17(14)11-20(28)27-13-18(12-19(27)21-23-15(2)25-26-21)24-22(29)16-7-9-30-10-8-16/h3-6,16,18-19H,7-13H2,1-2H3,(H,24,29)(H,23,25,26)/t18-,19-/m0/s1. The highest BCUT2D eigenvalue weighted by Gasteiger charge is 2.39. The molecule has 2 aromatic rings. The number of H-pyrrole nitrogens is 1. The van der Waals surface area contributed by atoms with Crippen LogP contribution in [0.3, 0.4) is 0 Å². The van der Waals surface area contributed by atoms with Crippen molar-refractivity contribution < 1.29 is 14.3 Å². The number of carbonyl (C=O) groups excluding carboxylic acids is 2. The average Bonchev–Trinajstić information content (AvgIpc) is 3.36. The summed E-state index contributed by atoms with van der Waals surface area (Å²) in [4.78, 5) is 32.2. The van der Waals surface area contributed by atoms with Crippen molar-refractivity contribution in [1.29, 1.82) is 0 Å². The van der Waals surface area contributed by atoms with Crippen LogP contribution in [0.4, 0.5) is 0 Å². The van der Waals surface area contributed by atoms with E-state index in [-0.39, 0.29) is 29.8 Å². The molecule has 2 aliphatic rings. The number of carbonyl (C=O) groups is 2. The second kappa shape index (κ2) is 8.95. The molecule has 2 atom stereocenters. The molecular formula is C22H29N5O3. The zero-order valence-electron chi connectivity index (χ0n) is 17.6. The third kappa shape index (κ3) is 4.53. The van der Waals surface area contributed by atoms with Gasteiger partial charge >= 0.3 is 0 Å². The molecule has 0 saturated carbocycles. The Kier molecular flexibility index (Phi) is 6.13. The van der Waals surface area contributed by atoms with E-state index in [9.17, 15) is 9.59 Å². The van der Waals surface area contributed by atoms with Crippen molar-refractivity contribution in [2.45, 2.75) is 51.6 Å². The molecule has 0 radical (unpaired) electrons. The van der Waals surface area contributed by atoms with Crippen molar-refractivity contribution in [3.05, 3.63) is 47.0 Å². The number of amides is 2. The number of ether oxygens (including phenoxy) is 1. The third-order valence-corrected chi connectivity index (χ3v) is 6.08. The van der Waals surface area contributed by atoms with E-state index in [1.807, 2.05) is 43.0 Å². The summed E-state index contributed by atoms with van der Waals surface area (Å²) >= 11 is 0. The van der Waals surface area contributed by atoms with Crippen molar-refractivity contribution in [2.75, 3.05) is 19.8 Å². The van der Waals surface area contributed by atoms with Gasteiger partial charge in [0.1, 0.15) is 5.82 Å². The van der Waals surface area contributed by atoms with Crippen molar-refractivity contribution in [2.24, 2.45) is 5.92 Å². The average molecular weight is 412 g/mol. The molecule has 1 aromatic heterocycles. The fourth-order valence-electron chi connectivity index (χ4n) is 4.32. The van der Waals surface area contributed by atoms with E-state index in [1.165, 1.54) is 0 Å². The van der Waals surface area contributed by atoms with Crippen LogP contribution < -0.4 is 5.32 Å². The molecule has 4 rings (SSSR count). The van der Waals surface area contributed by atoms with Crippen LogP contribution in [-0.4, -0.2) is 57.7 Å². The molecule has 3 heterocycles. The summed E-state index contributed by atoms with van der Waals surface area (Å²) in [5.74, 6) is 1.39. The summed E-state index contributed by atoms with van der Waals surface area (Å²) in [7, 11) is 0. The third-order valence-electron chi connectivity index (χ3n) is 6.08. The van der Waals surface area contributed by atoms with Gasteiger partial charge in [-0.15, -0.1) is 0 Å². The minimum atomic E-state index is -0.244. The molecule has 8 nitrogen and oxygen atoms in total. The minimum absolute atomic E-state index is 0.0142. The highest BCUT2D eigenvalue weighted by Crippen LogP contribution is 2.31. The SMILES string of the molecule is Cc1nc([C@@H]2C[C@H](NC(=O)C3CCOCC3)CN2C(=O)Cc2ccccc2C)n[nH]1. The first kappa shape index (κ1) is 20.5. The van der Waals surface area contributed by atoms with Gasteiger partial charge in [-0.25, -0.2) is 4.98 Å². The topological polar surface area (TPSA) is 100 Å². The van der Waals surface area contributed by atoms with Crippen LogP contribution in [0.5, 0.6) is 0 Å². The van der Waals surface area contributed by atoms with Crippen molar-refractivity contribution in [3.8, 4) is 0 Å². The van der Waals surface area contributed by atoms with E-state index in [2.05, 4.69) is 20.5 Å². The predicted octanol–water partition coefficient (Wildman–Crippen LogP) is 1.85. The van der Waals surface area contributed by atoms with Gasteiger partial charge in [-0.2, -0.15) is 5.10 Å². The summed E-state index contributed by atoms with van der Waals surface area (Å²) in [5.41, 5.74) is 2.11. The minimum Gasteiger partial charge on any atom is -0.381 e. The first-order chi connectivity index (χ1) is 14.5.